The average Bonchev–Trinajstić information content (AvgIpc) is 2.17. The Labute approximate surface area is 82.5 Å². The number of rotatable bonds is 1. The van der Waals surface area contributed by atoms with Gasteiger partial charge in [-0.05, 0) is 12.1 Å². The van der Waals surface area contributed by atoms with Crippen molar-refractivity contribution in [1.29, 1.82) is 0 Å². The largest absolute Gasteiger partial charge is 0.502 e. The van der Waals surface area contributed by atoms with E-state index in [0.717, 1.165) is 6.07 Å². The highest BCUT2D eigenvalue weighted by atomic mass is 16.6. The Morgan fingerprint density at radius 1 is 1.33 bits per heavy atom. The van der Waals surface area contributed by atoms with Gasteiger partial charge in [-0.1, -0.05) is 0 Å². The van der Waals surface area contributed by atoms with Gasteiger partial charge in [0, 0.05) is 11.5 Å². The van der Waals surface area contributed by atoms with Gasteiger partial charge in [-0.3, -0.25) is 10.1 Å². The maximum absolute atomic E-state index is 10.9. The van der Waals surface area contributed by atoms with Crippen molar-refractivity contribution in [2.75, 3.05) is 0 Å². The molecule has 6 heteroatoms. The molecule has 1 heterocycles. The van der Waals surface area contributed by atoms with Crippen molar-refractivity contribution in [2.24, 2.45) is 0 Å². The second kappa shape index (κ2) is 3.09. The normalized spacial score (nSPS) is 10.4. The van der Waals surface area contributed by atoms with Crippen LogP contribution in [0.2, 0.25) is 0 Å². The molecule has 15 heavy (non-hydrogen) atoms. The summed E-state index contributed by atoms with van der Waals surface area (Å²) in [5.74, 6) is -0.457. The van der Waals surface area contributed by atoms with Gasteiger partial charge in [0.25, 0.3) is 0 Å². The van der Waals surface area contributed by atoms with Gasteiger partial charge in [-0.2, -0.15) is 0 Å². The first-order valence-corrected chi connectivity index (χ1v) is 3.99. The average molecular weight is 207 g/mol. The van der Waals surface area contributed by atoms with Gasteiger partial charge in [0.15, 0.2) is 5.75 Å². The van der Waals surface area contributed by atoms with E-state index in [1.807, 2.05) is 0 Å². The van der Waals surface area contributed by atoms with Gasteiger partial charge in [0.05, 0.1) is 11.0 Å². The van der Waals surface area contributed by atoms with E-state index < -0.39 is 22.0 Å². The molecular weight excluding hydrogens is 202 g/mol. The fourth-order valence-corrected chi connectivity index (χ4v) is 1.24. The van der Waals surface area contributed by atoms with Crippen molar-refractivity contribution < 1.29 is 14.4 Å². The predicted octanol–water partition coefficient (Wildman–Crippen LogP) is 1.41. The van der Waals surface area contributed by atoms with Crippen LogP contribution < -0.4 is 5.63 Å². The summed E-state index contributed by atoms with van der Waals surface area (Å²) in [5, 5.41) is 20.2. The summed E-state index contributed by atoms with van der Waals surface area (Å²) >= 11 is 0. The lowest BCUT2D eigenvalue weighted by Crippen LogP contribution is -1.95. The highest BCUT2D eigenvalue weighted by Crippen LogP contribution is 2.29. The van der Waals surface area contributed by atoms with Crippen molar-refractivity contribution in [3.05, 3.63) is 44.8 Å². The van der Waals surface area contributed by atoms with E-state index in [-0.39, 0.29) is 5.58 Å². The van der Waals surface area contributed by atoms with Gasteiger partial charge in [0.2, 0.25) is 0 Å². The molecule has 1 aromatic carbocycles. The Hall–Kier alpha value is -2.37. The number of nitrogens with zero attached hydrogens (tertiary/aromatic N) is 1. The quantitative estimate of drug-likeness (QED) is 0.433. The second-order valence-electron chi connectivity index (χ2n) is 2.89. The van der Waals surface area contributed by atoms with Crippen LogP contribution in [0.5, 0.6) is 5.75 Å². The van der Waals surface area contributed by atoms with Crippen molar-refractivity contribution in [3.63, 3.8) is 0 Å². The van der Waals surface area contributed by atoms with Crippen LogP contribution in [0.25, 0.3) is 11.0 Å². The van der Waals surface area contributed by atoms with Crippen LogP contribution in [-0.2, 0) is 0 Å². The van der Waals surface area contributed by atoms with Gasteiger partial charge in [-0.15, -0.1) is 0 Å². The summed E-state index contributed by atoms with van der Waals surface area (Å²) in [5.41, 5.74) is -1.01. The van der Waals surface area contributed by atoms with E-state index in [4.69, 9.17) is 4.42 Å². The molecule has 0 saturated heterocycles. The van der Waals surface area contributed by atoms with Crippen LogP contribution in [0.15, 0.2) is 33.5 Å². The summed E-state index contributed by atoms with van der Waals surface area (Å²) in [6.45, 7) is 0. The molecule has 76 valence electrons. The molecule has 0 bridgehead atoms. The highest BCUT2D eigenvalue weighted by molar-refractivity contribution is 5.81. The van der Waals surface area contributed by atoms with E-state index >= 15 is 0 Å². The Balaban J connectivity index is 2.83. The monoisotopic (exact) mass is 207 g/mol. The number of nitro benzene ring substituents is 1. The number of nitro groups is 1. The molecule has 0 aliphatic rings. The van der Waals surface area contributed by atoms with Crippen molar-refractivity contribution in [1.82, 2.24) is 0 Å². The molecule has 0 aliphatic carbocycles. The van der Waals surface area contributed by atoms with Crippen molar-refractivity contribution >= 4 is 16.7 Å². The van der Waals surface area contributed by atoms with Crippen LogP contribution in [-0.4, -0.2) is 10.0 Å². The number of benzene rings is 1. The second-order valence-corrected chi connectivity index (χ2v) is 2.89. The fourth-order valence-electron chi connectivity index (χ4n) is 1.24. The van der Waals surface area contributed by atoms with Crippen molar-refractivity contribution in [2.45, 2.75) is 0 Å². The molecule has 1 aromatic heterocycles. The third-order valence-electron chi connectivity index (χ3n) is 1.91. The molecule has 6 nitrogen and oxygen atoms in total. The zero-order chi connectivity index (χ0) is 11.0. The van der Waals surface area contributed by atoms with E-state index in [0.29, 0.717) is 5.39 Å². The minimum atomic E-state index is -0.748. The molecule has 2 aromatic rings. The van der Waals surface area contributed by atoms with E-state index in [1.165, 1.54) is 18.2 Å². The summed E-state index contributed by atoms with van der Waals surface area (Å²) in [4.78, 5) is 20.6. The van der Waals surface area contributed by atoms with Crippen LogP contribution in [0, 0.1) is 10.1 Å². The lowest BCUT2D eigenvalue weighted by Gasteiger charge is -1.98. The van der Waals surface area contributed by atoms with E-state index in [2.05, 4.69) is 0 Å². The maximum Gasteiger partial charge on any atom is 0.336 e. The Morgan fingerprint density at radius 2 is 2.07 bits per heavy atom. The molecule has 0 radical (unpaired) electrons. The van der Waals surface area contributed by atoms with Crippen LogP contribution in [0.1, 0.15) is 0 Å². The van der Waals surface area contributed by atoms with Crippen molar-refractivity contribution in [3.8, 4) is 5.75 Å². The number of phenolic OH excluding ortho intramolecular Hbond substituents is 1. The topological polar surface area (TPSA) is 93.6 Å². The van der Waals surface area contributed by atoms with Gasteiger partial charge >= 0.3 is 11.3 Å². The Bertz CT molecular complexity index is 601. The lowest BCUT2D eigenvalue weighted by atomic mass is 10.2. The molecule has 0 amide bonds. The zero-order valence-electron chi connectivity index (χ0n) is 7.34. The number of phenols is 1. The Kier molecular flexibility index (Phi) is 1.89. The number of fused-ring (bicyclic) bond motifs is 1. The standard InChI is InChI=1S/C9H5NO5/c11-7-3-5-1-2-9(12)15-8(5)4-6(7)10(13)14/h1-4,11H. The smallest absolute Gasteiger partial charge is 0.336 e. The summed E-state index contributed by atoms with van der Waals surface area (Å²) in [6.07, 6.45) is 0. The van der Waals surface area contributed by atoms with Crippen LogP contribution >= 0.6 is 0 Å². The minimum absolute atomic E-state index is 0.0759. The first-order valence-electron chi connectivity index (χ1n) is 3.99. The first kappa shape index (κ1) is 9.20. The molecule has 0 saturated carbocycles. The molecule has 0 fully saturated rings. The fraction of sp³-hybridized carbons (Fsp3) is 0. The maximum atomic E-state index is 10.9. The van der Waals surface area contributed by atoms with Gasteiger partial charge in [-0.25, -0.2) is 4.79 Å². The summed E-state index contributed by atoms with van der Waals surface area (Å²) < 4.78 is 4.74. The number of hydrogen-bond donors (Lipinski definition) is 1. The highest BCUT2D eigenvalue weighted by Gasteiger charge is 2.15. The third kappa shape index (κ3) is 1.52. The summed E-state index contributed by atoms with van der Waals surface area (Å²) in [7, 11) is 0. The van der Waals surface area contributed by atoms with Crippen LogP contribution in [0.4, 0.5) is 5.69 Å². The minimum Gasteiger partial charge on any atom is -0.502 e. The molecule has 2 rings (SSSR count). The molecule has 0 unspecified atom stereocenters. The summed E-state index contributed by atoms with van der Waals surface area (Å²) in [6, 6.07) is 4.79. The van der Waals surface area contributed by atoms with Gasteiger partial charge in [0.1, 0.15) is 5.58 Å². The molecule has 1 N–H and O–H groups in total. The number of aromatic hydroxyl groups is 1. The molecule has 0 spiro atoms. The zero-order valence-corrected chi connectivity index (χ0v) is 7.34. The SMILES string of the molecule is O=c1ccc2cc(O)c([N+](=O)[O-])cc2o1. The van der Waals surface area contributed by atoms with Crippen LogP contribution in [0.3, 0.4) is 0 Å². The predicted molar refractivity (Wildman–Crippen MR) is 50.8 cm³/mol. The third-order valence-corrected chi connectivity index (χ3v) is 1.91. The molecular formula is C9H5NO5. The Morgan fingerprint density at radius 3 is 2.73 bits per heavy atom. The van der Waals surface area contributed by atoms with E-state index in [1.54, 1.807) is 0 Å². The first-order chi connectivity index (χ1) is 7.08. The molecule has 0 aliphatic heterocycles. The lowest BCUT2D eigenvalue weighted by molar-refractivity contribution is -0.385. The number of hydrogen-bond acceptors (Lipinski definition) is 5. The molecule has 0 atom stereocenters. The van der Waals surface area contributed by atoms with E-state index in [9.17, 15) is 20.0 Å². The van der Waals surface area contributed by atoms with Gasteiger partial charge < -0.3 is 9.52 Å².